The zero-order chi connectivity index (χ0) is 20.2. The SMILES string of the molecule is Fc1cc(N=C=S)c(F)cc1C#Cc1ccc(-c2ccc(CC3CC3)cc2)cc1. The van der Waals surface area contributed by atoms with Gasteiger partial charge in [-0.05, 0) is 72.3 Å². The second-order valence-electron chi connectivity index (χ2n) is 7.16. The second-order valence-corrected chi connectivity index (χ2v) is 7.34. The Labute approximate surface area is 174 Å². The van der Waals surface area contributed by atoms with Crippen molar-refractivity contribution in [3.63, 3.8) is 0 Å². The number of nitrogens with zero attached hydrogens (tertiary/aromatic N) is 1. The highest BCUT2D eigenvalue weighted by molar-refractivity contribution is 7.78. The lowest BCUT2D eigenvalue weighted by molar-refractivity contribution is 0.599. The number of thiocarbonyl (C=S) groups is 1. The summed E-state index contributed by atoms with van der Waals surface area (Å²) in [6.07, 6.45) is 3.88. The first-order chi connectivity index (χ1) is 14.1. The second kappa shape index (κ2) is 8.49. The van der Waals surface area contributed by atoms with E-state index >= 15 is 0 Å². The van der Waals surface area contributed by atoms with Gasteiger partial charge in [0, 0.05) is 11.6 Å². The van der Waals surface area contributed by atoms with Gasteiger partial charge in [0.05, 0.1) is 10.7 Å². The molecule has 0 atom stereocenters. The fourth-order valence-corrected chi connectivity index (χ4v) is 3.24. The smallest absolute Gasteiger partial charge is 0.151 e. The summed E-state index contributed by atoms with van der Waals surface area (Å²) >= 11 is 4.42. The van der Waals surface area contributed by atoms with Crippen molar-refractivity contribution in [3.05, 3.63) is 89.0 Å². The molecule has 3 aromatic rings. The van der Waals surface area contributed by atoms with E-state index in [0.717, 1.165) is 34.7 Å². The molecule has 4 heteroatoms. The van der Waals surface area contributed by atoms with Crippen LogP contribution in [0.5, 0.6) is 0 Å². The molecule has 0 aromatic heterocycles. The summed E-state index contributed by atoms with van der Waals surface area (Å²) in [6, 6.07) is 18.4. The maximum absolute atomic E-state index is 14.1. The van der Waals surface area contributed by atoms with E-state index in [9.17, 15) is 8.78 Å². The Balaban J connectivity index is 1.50. The molecule has 29 heavy (non-hydrogen) atoms. The average Bonchev–Trinajstić information content (AvgIpc) is 3.55. The van der Waals surface area contributed by atoms with Gasteiger partial charge in [-0.3, -0.25) is 0 Å². The molecule has 0 radical (unpaired) electrons. The van der Waals surface area contributed by atoms with Crippen molar-refractivity contribution >= 4 is 23.1 Å². The number of rotatable bonds is 4. The predicted octanol–water partition coefficient (Wildman–Crippen LogP) is 6.72. The van der Waals surface area contributed by atoms with Crippen molar-refractivity contribution in [2.75, 3.05) is 0 Å². The van der Waals surface area contributed by atoms with E-state index in [1.807, 2.05) is 29.4 Å². The van der Waals surface area contributed by atoms with Crippen LogP contribution in [0.4, 0.5) is 14.5 Å². The topological polar surface area (TPSA) is 12.4 Å². The molecule has 0 N–H and O–H groups in total. The van der Waals surface area contributed by atoms with E-state index in [1.165, 1.54) is 24.8 Å². The minimum atomic E-state index is -0.687. The maximum atomic E-state index is 14.1. The molecule has 1 fully saturated rings. The zero-order valence-electron chi connectivity index (χ0n) is 15.6. The van der Waals surface area contributed by atoms with E-state index < -0.39 is 11.6 Å². The van der Waals surface area contributed by atoms with Crippen molar-refractivity contribution in [2.45, 2.75) is 19.3 Å². The minimum absolute atomic E-state index is 0.0267. The van der Waals surface area contributed by atoms with Crippen LogP contribution in [0.25, 0.3) is 11.1 Å². The summed E-state index contributed by atoms with van der Waals surface area (Å²) in [5.41, 5.74) is 4.13. The molecule has 0 saturated heterocycles. The van der Waals surface area contributed by atoms with Gasteiger partial charge in [-0.25, -0.2) is 8.78 Å². The van der Waals surface area contributed by atoms with Gasteiger partial charge in [-0.15, -0.1) is 0 Å². The Morgan fingerprint density at radius 3 is 2.14 bits per heavy atom. The normalized spacial score (nSPS) is 12.6. The molecule has 0 bridgehead atoms. The quantitative estimate of drug-likeness (QED) is 0.269. The van der Waals surface area contributed by atoms with Crippen molar-refractivity contribution in [3.8, 4) is 23.0 Å². The van der Waals surface area contributed by atoms with Gasteiger partial charge in [0.25, 0.3) is 0 Å². The van der Waals surface area contributed by atoms with Crippen LogP contribution in [0, 0.1) is 29.4 Å². The molecule has 0 spiro atoms. The van der Waals surface area contributed by atoms with Gasteiger partial charge in [-0.2, -0.15) is 4.99 Å². The first-order valence-corrected chi connectivity index (χ1v) is 9.81. The van der Waals surface area contributed by atoms with Crippen LogP contribution in [0.2, 0.25) is 0 Å². The zero-order valence-corrected chi connectivity index (χ0v) is 16.4. The Bertz CT molecular complexity index is 1140. The van der Waals surface area contributed by atoms with Crippen LogP contribution in [0.3, 0.4) is 0 Å². The molecular formula is C25H17F2NS. The summed E-state index contributed by atoms with van der Waals surface area (Å²) in [5, 5.41) is 2.03. The highest BCUT2D eigenvalue weighted by atomic mass is 32.1. The molecule has 1 aliphatic carbocycles. The Morgan fingerprint density at radius 2 is 1.52 bits per heavy atom. The third-order valence-electron chi connectivity index (χ3n) is 4.94. The van der Waals surface area contributed by atoms with Crippen molar-refractivity contribution in [1.29, 1.82) is 0 Å². The maximum Gasteiger partial charge on any atom is 0.151 e. The lowest BCUT2D eigenvalue weighted by atomic mass is 10.0. The minimum Gasteiger partial charge on any atom is -0.206 e. The monoisotopic (exact) mass is 401 g/mol. The van der Waals surface area contributed by atoms with Crippen LogP contribution in [0.15, 0.2) is 65.7 Å². The summed E-state index contributed by atoms with van der Waals surface area (Å²) < 4.78 is 27.9. The summed E-state index contributed by atoms with van der Waals surface area (Å²) in [5.74, 6) is 5.09. The third kappa shape index (κ3) is 4.84. The summed E-state index contributed by atoms with van der Waals surface area (Å²) in [7, 11) is 0. The van der Waals surface area contributed by atoms with Crippen LogP contribution in [0.1, 0.15) is 29.5 Å². The number of halogens is 2. The van der Waals surface area contributed by atoms with Crippen LogP contribution >= 0.6 is 12.2 Å². The third-order valence-corrected chi connectivity index (χ3v) is 5.03. The average molecular weight is 401 g/mol. The van der Waals surface area contributed by atoms with Crippen LogP contribution in [-0.2, 0) is 6.42 Å². The van der Waals surface area contributed by atoms with Gasteiger partial charge >= 0.3 is 0 Å². The Kier molecular flexibility index (Phi) is 5.62. The van der Waals surface area contributed by atoms with Gasteiger partial charge in [0.1, 0.15) is 11.5 Å². The summed E-state index contributed by atoms with van der Waals surface area (Å²) in [6.45, 7) is 0. The number of benzene rings is 3. The lowest BCUT2D eigenvalue weighted by Gasteiger charge is -2.04. The van der Waals surface area contributed by atoms with Gasteiger partial charge in [0.15, 0.2) is 5.82 Å². The molecule has 0 unspecified atom stereocenters. The molecule has 1 saturated carbocycles. The Morgan fingerprint density at radius 1 is 0.862 bits per heavy atom. The van der Waals surface area contributed by atoms with Crippen molar-refractivity contribution in [2.24, 2.45) is 10.9 Å². The van der Waals surface area contributed by atoms with Crippen molar-refractivity contribution < 1.29 is 8.78 Å². The largest absolute Gasteiger partial charge is 0.206 e. The highest BCUT2D eigenvalue weighted by Crippen LogP contribution is 2.33. The first kappa shape index (κ1) is 19.2. The predicted molar refractivity (Wildman–Crippen MR) is 115 cm³/mol. The van der Waals surface area contributed by atoms with Crippen LogP contribution < -0.4 is 0 Å². The van der Waals surface area contributed by atoms with Crippen LogP contribution in [-0.4, -0.2) is 5.16 Å². The molecule has 1 aliphatic rings. The van der Waals surface area contributed by atoms with Gasteiger partial charge in [-0.1, -0.05) is 48.2 Å². The fourth-order valence-electron chi connectivity index (χ4n) is 3.14. The van der Waals surface area contributed by atoms with E-state index in [2.05, 4.69) is 53.3 Å². The number of isothiocyanates is 1. The molecule has 1 nitrogen and oxygen atoms in total. The summed E-state index contributed by atoms with van der Waals surface area (Å²) in [4.78, 5) is 3.49. The van der Waals surface area contributed by atoms with Gasteiger partial charge < -0.3 is 0 Å². The molecule has 4 rings (SSSR count). The molecular weight excluding hydrogens is 384 g/mol. The molecule has 0 heterocycles. The van der Waals surface area contributed by atoms with E-state index in [4.69, 9.17) is 0 Å². The van der Waals surface area contributed by atoms with E-state index in [1.54, 1.807) is 0 Å². The number of aliphatic imine (C=N–C) groups is 1. The molecule has 3 aromatic carbocycles. The van der Waals surface area contributed by atoms with Gasteiger partial charge in [0.2, 0.25) is 0 Å². The van der Waals surface area contributed by atoms with E-state index in [0.29, 0.717) is 0 Å². The Hall–Kier alpha value is -3.12. The first-order valence-electron chi connectivity index (χ1n) is 9.41. The highest BCUT2D eigenvalue weighted by Gasteiger charge is 2.21. The van der Waals surface area contributed by atoms with Crippen molar-refractivity contribution in [1.82, 2.24) is 0 Å². The number of hydrogen-bond donors (Lipinski definition) is 0. The molecule has 142 valence electrons. The van der Waals surface area contributed by atoms with E-state index in [-0.39, 0.29) is 11.3 Å². The standard InChI is InChI=1S/C25H17F2NS/c26-23-15-25(28-16-29)24(27)14-22(23)12-5-17-3-8-20(9-4-17)21-10-6-19(7-11-21)13-18-1-2-18/h3-4,6-11,14-15,18H,1-2,13H2. The molecule has 0 aliphatic heterocycles. The fraction of sp³-hybridized carbons (Fsp3) is 0.160. The molecule has 0 amide bonds. The number of hydrogen-bond acceptors (Lipinski definition) is 2. The lowest BCUT2D eigenvalue weighted by Crippen LogP contribution is -1.88.